The van der Waals surface area contributed by atoms with Gasteiger partial charge in [0.15, 0.2) is 31.3 Å². The van der Waals surface area contributed by atoms with Crippen molar-refractivity contribution in [2.75, 3.05) is 26.4 Å². The number of aliphatic hydroxyl groups is 14. The third-order valence-corrected chi connectivity index (χ3v) is 11.0. The van der Waals surface area contributed by atoms with Crippen molar-refractivity contribution in [2.24, 2.45) is 0 Å². The number of carboxylic acids is 1. The molecule has 0 radical (unpaired) electrons. The van der Waals surface area contributed by atoms with Gasteiger partial charge in [-0.05, 0) is 6.92 Å². The number of rotatable bonds is 19. The molecule has 4 aliphatic rings. The summed E-state index contributed by atoms with van der Waals surface area (Å²) in [7, 11) is -5.50. The number of carbonyl (C=O) groups is 2. The summed E-state index contributed by atoms with van der Waals surface area (Å²) in [5.74, 6) is -2.78. The molecule has 0 aromatic carbocycles. The molecule has 63 heavy (non-hydrogen) atoms. The molecule has 31 heteroatoms. The Morgan fingerprint density at radius 1 is 0.635 bits per heavy atom. The minimum absolute atomic E-state index is 0.803. The molecule has 368 valence electrons. The molecule has 0 aromatic heterocycles. The van der Waals surface area contributed by atoms with Crippen LogP contribution < -0.4 is 5.32 Å². The van der Waals surface area contributed by atoms with Gasteiger partial charge in [0.1, 0.15) is 104 Å². The van der Waals surface area contributed by atoms with E-state index in [2.05, 4.69) is 9.50 Å². The fourth-order valence-corrected chi connectivity index (χ4v) is 7.68. The van der Waals surface area contributed by atoms with Gasteiger partial charge in [-0.3, -0.25) is 9.35 Å². The smallest absolute Gasteiger partial charge is 0.397 e. The molecule has 24 atom stereocenters. The number of hydrogen-bond acceptors (Lipinski definition) is 27. The second-order valence-corrected chi connectivity index (χ2v) is 16.0. The fourth-order valence-electron chi connectivity index (χ4n) is 7.17. The Kier molecular flexibility index (Phi) is 19.2. The lowest BCUT2D eigenvalue weighted by Gasteiger charge is -2.50. The highest BCUT2D eigenvalue weighted by Gasteiger charge is 2.57. The molecule has 4 rings (SSSR count). The van der Waals surface area contributed by atoms with Crippen LogP contribution in [0.1, 0.15) is 13.8 Å². The first kappa shape index (κ1) is 53.5. The van der Waals surface area contributed by atoms with Gasteiger partial charge in [0.2, 0.25) is 5.91 Å². The number of nitrogens with one attached hydrogen (secondary N) is 1. The molecular formula is C32H55NO29S. The largest absolute Gasteiger partial charge is 0.479 e. The van der Waals surface area contributed by atoms with Crippen LogP contribution in [0.4, 0.5) is 0 Å². The van der Waals surface area contributed by atoms with Crippen LogP contribution in [0, 0.1) is 0 Å². The third kappa shape index (κ3) is 12.5. The van der Waals surface area contributed by atoms with E-state index < -0.39 is 196 Å². The van der Waals surface area contributed by atoms with E-state index in [0.29, 0.717) is 0 Å². The van der Waals surface area contributed by atoms with Crippen molar-refractivity contribution in [3.8, 4) is 0 Å². The van der Waals surface area contributed by atoms with Gasteiger partial charge in [-0.15, -0.1) is 0 Å². The standard InChI is InChI=1S/C32H55NO29S/c1-7-13(40)16(43)17(44)29(54-7)61-27-18(45)23(12(6-37)56-32(27)57-22(14(41)10(39)4-35)9(3-34)33-8(2)38)58-30-20(47)24(15(42)11(5-36)55-30)59-31-21(48)25(62-63(51,52)53)19(46)26(60-31)28(49)50/h7,9-27,29-32,34-37,39-48H,3-6H2,1-2H3,(H,33,38)(H,49,50)(H,51,52,53)/t7-,9-,10+,11+,12+,13+,14-,15-,16+,17-,18-,19-,20+,21+,22+,23-,24-,25-,26-,27+,29-,30-,31+,32-/m0/s1. The molecular weight excluding hydrogens is 894 g/mol. The van der Waals surface area contributed by atoms with E-state index in [1.165, 1.54) is 6.92 Å². The molecule has 0 bridgehead atoms. The fraction of sp³-hybridized carbons (Fsp3) is 0.938. The Bertz CT molecular complexity index is 1580. The van der Waals surface area contributed by atoms with Crippen LogP contribution in [0.25, 0.3) is 0 Å². The Labute approximate surface area is 356 Å². The maximum absolute atomic E-state index is 12.0. The van der Waals surface area contributed by atoms with Crippen molar-refractivity contribution in [3.63, 3.8) is 0 Å². The van der Waals surface area contributed by atoms with Crippen molar-refractivity contribution in [3.05, 3.63) is 0 Å². The number of amides is 1. The van der Waals surface area contributed by atoms with Gasteiger partial charge in [0.25, 0.3) is 0 Å². The molecule has 4 aliphatic heterocycles. The van der Waals surface area contributed by atoms with E-state index >= 15 is 0 Å². The molecule has 30 nitrogen and oxygen atoms in total. The van der Waals surface area contributed by atoms with Gasteiger partial charge in [0, 0.05) is 6.92 Å². The number of carbonyl (C=O) groups excluding carboxylic acids is 1. The first-order chi connectivity index (χ1) is 29.4. The first-order valence-electron chi connectivity index (χ1n) is 19.0. The van der Waals surface area contributed by atoms with Crippen molar-refractivity contribution < 1.29 is 141 Å². The zero-order chi connectivity index (χ0) is 47.4. The second-order valence-electron chi connectivity index (χ2n) is 15.0. The summed E-state index contributed by atoms with van der Waals surface area (Å²) in [6.45, 7) is -2.12. The topological polar surface area (TPSA) is 487 Å². The zero-order valence-corrected chi connectivity index (χ0v) is 33.9. The number of hydrogen-bond donors (Lipinski definition) is 17. The lowest BCUT2D eigenvalue weighted by atomic mass is 9.95. The molecule has 0 saturated carbocycles. The van der Waals surface area contributed by atoms with E-state index in [1.54, 1.807) is 0 Å². The quantitative estimate of drug-likeness (QED) is 0.0535. The summed E-state index contributed by atoms with van der Waals surface area (Å²) in [4.78, 5) is 23.8. The van der Waals surface area contributed by atoms with Crippen LogP contribution in [0.5, 0.6) is 0 Å². The number of aliphatic carboxylic acids is 1. The predicted molar refractivity (Wildman–Crippen MR) is 190 cm³/mol. The van der Waals surface area contributed by atoms with Gasteiger partial charge in [-0.25, -0.2) is 8.98 Å². The minimum Gasteiger partial charge on any atom is -0.479 e. The molecule has 4 saturated heterocycles. The second kappa shape index (κ2) is 22.6. The average Bonchev–Trinajstić information content (AvgIpc) is 3.22. The van der Waals surface area contributed by atoms with Crippen molar-refractivity contribution in [1.82, 2.24) is 5.32 Å². The highest BCUT2D eigenvalue weighted by Crippen LogP contribution is 2.36. The normalized spacial score (nSPS) is 43.4. The minimum atomic E-state index is -5.50. The summed E-state index contributed by atoms with van der Waals surface area (Å²) in [5.41, 5.74) is 0. The van der Waals surface area contributed by atoms with Crippen LogP contribution in [-0.2, 0) is 62.1 Å². The van der Waals surface area contributed by atoms with E-state index in [9.17, 15) is 99.2 Å². The molecule has 0 aliphatic carbocycles. The summed E-state index contributed by atoms with van der Waals surface area (Å²) in [6, 6.07) is -1.62. The summed E-state index contributed by atoms with van der Waals surface area (Å²) >= 11 is 0. The molecule has 4 fully saturated rings. The number of aliphatic hydroxyl groups excluding tert-OH is 14. The maximum atomic E-state index is 12.0. The highest BCUT2D eigenvalue weighted by molar-refractivity contribution is 7.80. The van der Waals surface area contributed by atoms with E-state index in [-0.39, 0.29) is 0 Å². The number of carboxylic acid groups (broad SMARTS) is 1. The Hall–Kier alpha value is -2.07. The molecule has 4 heterocycles. The van der Waals surface area contributed by atoms with Gasteiger partial charge in [-0.1, -0.05) is 0 Å². The van der Waals surface area contributed by atoms with Crippen LogP contribution in [0.3, 0.4) is 0 Å². The predicted octanol–water partition coefficient (Wildman–Crippen LogP) is -11.2. The SMILES string of the molecule is CC(=O)N[C@@H](CO)[C@@H](O[C@@H]1O[C@H](CO)[C@H](O[C@@H]2O[C@H](CO)[C@H](O)[C@H](O[C@@H]3O[C@H](C(=O)O)[C@@H](O)[C@H](OS(=O)(=O)O)[C@H]3O)[C@H]2O)[C@H](O)[C@H]1O[C@@H]1O[C@@H](C)[C@@H](O)[C@@H](O)[C@@H]1O)[C@@H](O)[C@H](O)CO. The Balaban J connectivity index is 1.70. The third-order valence-electron chi connectivity index (χ3n) is 10.5. The summed E-state index contributed by atoms with van der Waals surface area (Å²) in [6.07, 6.45) is -48.8. The molecule has 1 amide bonds. The molecule has 0 aromatic rings. The maximum Gasteiger partial charge on any atom is 0.397 e. The Morgan fingerprint density at radius 3 is 1.71 bits per heavy atom. The van der Waals surface area contributed by atoms with Crippen LogP contribution >= 0.6 is 0 Å². The molecule has 17 N–H and O–H groups in total. The van der Waals surface area contributed by atoms with E-state index in [4.69, 9.17) is 37.9 Å². The number of ether oxygens (including phenoxy) is 8. The first-order valence-corrected chi connectivity index (χ1v) is 20.4. The van der Waals surface area contributed by atoms with Gasteiger partial charge < -0.3 is 120 Å². The van der Waals surface area contributed by atoms with Gasteiger partial charge in [0.05, 0.1) is 38.6 Å². The average molecular weight is 950 g/mol. The lowest BCUT2D eigenvalue weighted by molar-refractivity contribution is -0.398. The van der Waals surface area contributed by atoms with Crippen molar-refractivity contribution in [1.29, 1.82) is 0 Å². The van der Waals surface area contributed by atoms with Crippen LogP contribution in [0.15, 0.2) is 0 Å². The Morgan fingerprint density at radius 2 is 1.17 bits per heavy atom. The zero-order valence-electron chi connectivity index (χ0n) is 33.1. The van der Waals surface area contributed by atoms with Crippen LogP contribution in [-0.4, -0.2) is 275 Å². The highest BCUT2D eigenvalue weighted by atomic mass is 32.3. The van der Waals surface area contributed by atoms with Gasteiger partial charge in [-0.2, -0.15) is 8.42 Å². The molecule has 0 spiro atoms. The van der Waals surface area contributed by atoms with E-state index in [0.717, 1.165) is 6.92 Å². The van der Waals surface area contributed by atoms with Gasteiger partial charge >= 0.3 is 16.4 Å². The summed E-state index contributed by atoms with van der Waals surface area (Å²) in [5, 5.41) is 160. The van der Waals surface area contributed by atoms with Crippen LogP contribution in [0.2, 0.25) is 0 Å². The van der Waals surface area contributed by atoms with E-state index in [1.807, 2.05) is 0 Å². The lowest BCUT2D eigenvalue weighted by Crippen LogP contribution is -2.68. The summed E-state index contributed by atoms with van der Waals surface area (Å²) < 4.78 is 81.0. The van der Waals surface area contributed by atoms with Crippen molar-refractivity contribution in [2.45, 2.75) is 161 Å². The molecule has 0 unspecified atom stereocenters. The van der Waals surface area contributed by atoms with Crippen molar-refractivity contribution >= 4 is 22.3 Å². The monoisotopic (exact) mass is 949 g/mol.